The van der Waals surface area contributed by atoms with E-state index in [9.17, 15) is 9.59 Å². The number of carbonyl (C=O) groups excluding carboxylic acids is 2. The molecule has 162 valence electrons. The van der Waals surface area contributed by atoms with Gasteiger partial charge < -0.3 is 20.5 Å². The van der Waals surface area contributed by atoms with Gasteiger partial charge in [0.05, 0.1) is 19.3 Å². The summed E-state index contributed by atoms with van der Waals surface area (Å²) in [7, 11) is 1.50. The van der Waals surface area contributed by atoms with Crippen molar-refractivity contribution in [1.82, 2.24) is 15.1 Å². The molecule has 0 aliphatic heterocycles. The first-order chi connectivity index (χ1) is 14.9. The van der Waals surface area contributed by atoms with E-state index in [4.69, 9.17) is 15.2 Å². The SMILES string of the molecule is COc1cc(CNC(=O)c2cccc(Cn3nc(C)cc3C)c2)ccc1OCC(N)=O. The van der Waals surface area contributed by atoms with Gasteiger partial charge in [0.1, 0.15) is 0 Å². The second-order valence-corrected chi connectivity index (χ2v) is 7.21. The van der Waals surface area contributed by atoms with E-state index in [0.29, 0.717) is 30.2 Å². The van der Waals surface area contributed by atoms with E-state index in [1.165, 1.54) is 7.11 Å². The zero-order chi connectivity index (χ0) is 22.4. The van der Waals surface area contributed by atoms with Gasteiger partial charge in [-0.1, -0.05) is 18.2 Å². The Hall–Kier alpha value is -3.81. The Morgan fingerprint density at radius 3 is 2.55 bits per heavy atom. The van der Waals surface area contributed by atoms with Crippen LogP contribution in [0.15, 0.2) is 48.5 Å². The number of aryl methyl sites for hydroxylation is 2. The van der Waals surface area contributed by atoms with E-state index in [0.717, 1.165) is 22.5 Å². The van der Waals surface area contributed by atoms with Crippen molar-refractivity contribution >= 4 is 11.8 Å². The molecule has 1 aromatic heterocycles. The van der Waals surface area contributed by atoms with E-state index >= 15 is 0 Å². The molecule has 0 aliphatic carbocycles. The number of carbonyl (C=O) groups is 2. The van der Waals surface area contributed by atoms with Crippen LogP contribution in [0.2, 0.25) is 0 Å². The van der Waals surface area contributed by atoms with Gasteiger partial charge in [0.2, 0.25) is 0 Å². The van der Waals surface area contributed by atoms with Gasteiger partial charge in [0.15, 0.2) is 18.1 Å². The van der Waals surface area contributed by atoms with E-state index in [2.05, 4.69) is 10.4 Å². The topological polar surface area (TPSA) is 108 Å². The molecule has 0 bridgehead atoms. The minimum absolute atomic E-state index is 0.178. The molecule has 8 nitrogen and oxygen atoms in total. The number of aromatic nitrogens is 2. The number of primary amides is 1. The molecule has 0 saturated heterocycles. The van der Waals surface area contributed by atoms with Crippen molar-refractivity contribution in [1.29, 1.82) is 0 Å². The van der Waals surface area contributed by atoms with Crippen LogP contribution in [0.5, 0.6) is 11.5 Å². The average molecular weight is 422 g/mol. The van der Waals surface area contributed by atoms with Crippen LogP contribution in [0.1, 0.15) is 32.9 Å². The molecule has 0 unspecified atom stereocenters. The van der Waals surface area contributed by atoms with Crippen LogP contribution >= 0.6 is 0 Å². The highest BCUT2D eigenvalue weighted by Gasteiger charge is 2.10. The van der Waals surface area contributed by atoms with Gasteiger partial charge >= 0.3 is 0 Å². The lowest BCUT2D eigenvalue weighted by Crippen LogP contribution is -2.23. The molecule has 2 aromatic carbocycles. The Balaban J connectivity index is 1.64. The molecule has 0 fully saturated rings. The Bertz CT molecular complexity index is 1090. The summed E-state index contributed by atoms with van der Waals surface area (Å²) in [5.41, 5.74) is 9.54. The predicted molar refractivity (Wildman–Crippen MR) is 116 cm³/mol. The number of nitrogens with zero attached hydrogens (tertiary/aromatic N) is 2. The number of amides is 2. The van der Waals surface area contributed by atoms with Gasteiger partial charge in [-0.2, -0.15) is 5.10 Å². The number of hydrogen-bond donors (Lipinski definition) is 2. The molecule has 3 rings (SSSR count). The molecule has 8 heteroatoms. The quantitative estimate of drug-likeness (QED) is 0.550. The van der Waals surface area contributed by atoms with Crippen molar-refractivity contribution in [2.24, 2.45) is 5.73 Å². The lowest BCUT2D eigenvalue weighted by atomic mass is 10.1. The van der Waals surface area contributed by atoms with Gasteiger partial charge in [-0.15, -0.1) is 0 Å². The summed E-state index contributed by atoms with van der Waals surface area (Å²) in [6.45, 7) is 4.64. The first kappa shape index (κ1) is 21.9. The smallest absolute Gasteiger partial charge is 0.255 e. The molecule has 0 aliphatic rings. The average Bonchev–Trinajstić information content (AvgIpc) is 3.07. The maximum absolute atomic E-state index is 12.7. The van der Waals surface area contributed by atoms with Crippen molar-refractivity contribution in [3.8, 4) is 11.5 Å². The van der Waals surface area contributed by atoms with Gasteiger partial charge in [-0.25, -0.2) is 0 Å². The van der Waals surface area contributed by atoms with Crippen LogP contribution in [-0.2, 0) is 17.9 Å². The number of rotatable bonds is 9. The molecular weight excluding hydrogens is 396 g/mol. The normalized spacial score (nSPS) is 10.5. The highest BCUT2D eigenvalue weighted by Crippen LogP contribution is 2.28. The van der Waals surface area contributed by atoms with Crippen molar-refractivity contribution in [2.75, 3.05) is 13.7 Å². The van der Waals surface area contributed by atoms with Crippen LogP contribution in [0, 0.1) is 13.8 Å². The minimum Gasteiger partial charge on any atom is -0.493 e. The minimum atomic E-state index is -0.571. The van der Waals surface area contributed by atoms with E-state index in [1.54, 1.807) is 24.3 Å². The molecule has 2 amide bonds. The van der Waals surface area contributed by atoms with E-state index in [1.807, 2.05) is 42.8 Å². The number of methoxy groups -OCH3 is 1. The molecule has 3 aromatic rings. The third-order valence-corrected chi connectivity index (χ3v) is 4.68. The largest absolute Gasteiger partial charge is 0.493 e. The zero-order valence-corrected chi connectivity index (χ0v) is 17.8. The summed E-state index contributed by atoms with van der Waals surface area (Å²) in [6.07, 6.45) is 0. The van der Waals surface area contributed by atoms with Crippen LogP contribution < -0.4 is 20.5 Å². The Morgan fingerprint density at radius 2 is 1.87 bits per heavy atom. The van der Waals surface area contributed by atoms with Crippen LogP contribution in [-0.4, -0.2) is 35.3 Å². The summed E-state index contributed by atoms with van der Waals surface area (Å²) >= 11 is 0. The van der Waals surface area contributed by atoms with Crippen molar-refractivity contribution in [3.63, 3.8) is 0 Å². The molecule has 0 radical (unpaired) electrons. The van der Waals surface area contributed by atoms with Gasteiger partial charge in [0, 0.05) is 17.8 Å². The third-order valence-electron chi connectivity index (χ3n) is 4.68. The summed E-state index contributed by atoms with van der Waals surface area (Å²) < 4.78 is 12.5. The molecule has 0 atom stereocenters. The fourth-order valence-electron chi connectivity index (χ4n) is 3.19. The summed E-state index contributed by atoms with van der Waals surface area (Å²) in [5.74, 6) is 0.120. The monoisotopic (exact) mass is 422 g/mol. The standard InChI is InChI=1S/C23H26N4O4/c1-15-9-16(2)27(26-15)13-18-5-4-6-19(10-18)23(29)25-12-17-7-8-20(21(11-17)30-3)31-14-22(24)28/h4-11H,12-14H2,1-3H3,(H2,24,28)(H,25,29). The fourth-order valence-corrected chi connectivity index (χ4v) is 3.19. The van der Waals surface area contributed by atoms with Gasteiger partial charge in [0.25, 0.3) is 11.8 Å². The molecule has 0 spiro atoms. The van der Waals surface area contributed by atoms with E-state index < -0.39 is 5.91 Å². The highest BCUT2D eigenvalue weighted by molar-refractivity contribution is 5.94. The Labute approximate surface area is 181 Å². The Morgan fingerprint density at radius 1 is 1.06 bits per heavy atom. The van der Waals surface area contributed by atoms with Crippen molar-refractivity contribution < 1.29 is 19.1 Å². The first-order valence-corrected chi connectivity index (χ1v) is 9.82. The van der Waals surface area contributed by atoms with Crippen LogP contribution in [0.25, 0.3) is 0 Å². The van der Waals surface area contributed by atoms with Crippen molar-refractivity contribution in [2.45, 2.75) is 26.9 Å². The predicted octanol–water partition coefficient (Wildman–Crippen LogP) is 2.35. The third kappa shape index (κ3) is 5.85. The second-order valence-electron chi connectivity index (χ2n) is 7.21. The number of nitrogens with one attached hydrogen (secondary N) is 1. The molecule has 0 saturated carbocycles. The van der Waals surface area contributed by atoms with Gasteiger partial charge in [-0.3, -0.25) is 14.3 Å². The maximum atomic E-state index is 12.7. The van der Waals surface area contributed by atoms with Crippen molar-refractivity contribution in [3.05, 3.63) is 76.6 Å². The van der Waals surface area contributed by atoms with E-state index in [-0.39, 0.29) is 12.5 Å². The van der Waals surface area contributed by atoms with Crippen LogP contribution in [0.3, 0.4) is 0 Å². The Kier molecular flexibility index (Phi) is 6.92. The number of ether oxygens (including phenoxy) is 2. The zero-order valence-electron chi connectivity index (χ0n) is 17.8. The fraction of sp³-hybridized carbons (Fsp3) is 0.261. The molecule has 31 heavy (non-hydrogen) atoms. The number of nitrogens with two attached hydrogens (primary N) is 1. The lowest BCUT2D eigenvalue weighted by Gasteiger charge is -2.12. The van der Waals surface area contributed by atoms with Gasteiger partial charge in [-0.05, 0) is 55.3 Å². The summed E-state index contributed by atoms with van der Waals surface area (Å²) in [4.78, 5) is 23.6. The number of benzene rings is 2. The first-order valence-electron chi connectivity index (χ1n) is 9.82. The maximum Gasteiger partial charge on any atom is 0.255 e. The van der Waals surface area contributed by atoms with Crippen LogP contribution in [0.4, 0.5) is 0 Å². The summed E-state index contributed by atoms with van der Waals surface area (Å²) in [5, 5.41) is 7.38. The molecule has 3 N–H and O–H groups in total. The molecular formula is C23H26N4O4. The molecule has 1 heterocycles. The highest BCUT2D eigenvalue weighted by atomic mass is 16.5. The second kappa shape index (κ2) is 9.80. The lowest BCUT2D eigenvalue weighted by molar-refractivity contribution is -0.119. The number of hydrogen-bond acceptors (Lipinski definition) is 5. The summed E-state index contributed by atoms with van der Waals surface area (Å²) in [6, 6.07) is 14.7.